The molecule has 0 unspecified atom stereocenters. The molecular formula is C34H29BrN4O4S. The topological polar surface area (TPSA) is 87.7 Å². The van der Waals surface area contributed by atoms with Crippen molar-refractivity contribution in [2.75, 3.05) is 7.11 Å². The average Bonchev–Trinajstić information content (AvgIpc) is 3.57. The first kappa shape index (κ1) is 29.5. The van der Waals surface area contributed by atoms with Crippen LogP contribution in [0.1, 0.15) is 37.9 Å². The van der Waals surface area contributed by atoms with Crippen LogP contribution in [0.25, 0.3) is 23.0 Å². The van der Waals surface area contributed by atoms with Gasteiger partial charge in [-0.05, 0) is 68.8 Å². The van der Waals surface area contributed by atoms with E-state index in [9.17, 15) is 9.59 Å². The Bertz CT molecular complexity index is 2060. The van der Waals surface area contributed by atoms with Gasteiger partial charge in [-0.2, -0.15) is 5.10 Å². The van der Waals surface area contributed by atoms with E-state index < -0.39 is 12.0 Å². The minimum Gasteiger partial charge on any atom is -0.497 e. The summed E-state index contributed by atoms with van der Waals surface area (Å²) in [6.45, 7) is 5.37. The summed E-state index contributed by atoms with van der Waals surface area (Å²) in [5.41, 5.74) is 4.64. The summed E-state index contributed by atoms with van der Waals surface area (Å²) in [4.78, 5) is 32.9. The number of rotatable bonds is 7. The van der Waals surface area contributed by atoms with Gasteiger partial charge in [-0.15, -0.1) is 0 Å². The Hall–Kier alpha value is -4.54. The van der Waals surface area contributed by atoms with Crippen LogP contribution in [0, 0.1) is 0 Å². The average molecular weight is 670 g/mol. The van der Waals surface area contributed by atoms with E-state index in [2.05, 4.69) is 15.9 Å². The quantitative estimate of drug-likeness (QED) is 0.204. The summed E-state index contributed by atoms with van der Waals surface area (Å²) in [5, 5.41) is 4.90. The zero-order chi connectivity index (χ0) is 31.0. The van der Waals surface area contributed by atoms with Crippen molar-refractivity contribution in [3.63, 3.8) is 0 Å². The predicted octanol–water partition coefficient (Wildman–Crippen LogP) is 5.81. The number of hydrogen-bond donors (Lipinski definition) is 0. The summed E-state index contributed by atoms with van der Waals surface area (Å²) in [7, 11) is 1.59. The minimum absolute atomic E-state index is 0.258. The summed E-state index contributed by atoms with van der Waals surface area (Å²) >= 11 is 4.79. The third-order valence-electron chi connectivity index (χ3n) is 7.18. The fourth-order valence-electron chi connectivity index (χ4n) is 5.14. The smallest absolute Gasteiger partial charge is 0.338 e. The van der Waals surface area contributed by atoms with E-state index >= 15 is 0 Å². The van der Waals surface area contributed by atoms with Crippen LogP contribution in [-0.2, 0) is 9.53 Å². The summed E-state index contributed by atoms with van der Waals surface area (Å²) in [5.74, 6) is 0.169. The first-order valence-corrected chi connectivity index (χ1v) is 15.6. The predicted molar refractivity (Wildman–Crippen MR) is 175 cm³/mol. The maximum Gasteiger partial charge on any atom is 0.338 e. The number of para-hydroxylation sites is 1. The summed E-state index contributed by atoms with van der Waals surface area (Å²) in [6.07, 6.45) is 3.44. The number of fused-ring (bicyclic) bond motifs is 1. The SMILES string of the molecule is COc1ccc([C@@H]2C(C(=O)OC(C)C)=C(C)N=c3s/c(=C\c4cn(-c5ccccc5)nc4-c4ccc(Br)cc4)c(=O)n32)cc1. The van der Waals surface area contributed by atoms with Crippen LogP contribution in [-0.4, -0.2) is 33.5 Å². The molecule has 8 nitrogen and oxygen atoms in total. The van der Waals surface area contributed by atoms with E-state index in [-0.39, 0.29) is 11.7 Å². The molecule has 0 N–H and O–H groups in total. The van der Waals surface area contributed by atoms with Gasteiger partial charge in [-0.3, -0.25) is 9.36 Å². The van der Waals surface area contributed by atoms with Crippen molar-refractivity contribution in [1.82, 2.24) is 14.3 Å². The van der Waals surface area contributed by atoms with Crippen LogP contribution in [0.3, 0.4) is 0 Å². The molecule has 0 bridgehead atoms. The Morgan fingerprint density at radius 3 is 2.39 bits per heavy atom. The second-order valence-corrected chi connectivity index (χ2v) is 12.5. The minimum atomic E-state index is -0.719. The Morgan fingerprint density at radius 1 is 1.02 bits per heavy atom. The van der Waals surface area contributed by atoms with E-state index in [0.29, 0.717) is 26.4 Å². The fourth-order valence-corrected chi connectivity index (χ4v) is 6.44. The standard InChI is InChI=1S/C34H29BrN4O4S/c1-20(2)43-33(41)29-21(3)36-34-39(31(29)23-12-16-27(42-4)17-13-23)32(40)28(44-34)18-24-19-38(26-8-6-5-7-9-26)37-30(24)22-10-14-25(35)15-11-22/h5-20,31H,1-4H3/b28-18-/t31-/m1/s1. The van der Waals surface area contributed by atoms with Gasteiger partial charge in [-0.1, -0.05) is 69.7 Å². The van der Waals surface area contributed by atoms with Gasteiger partial charge in [0.1, 0.15) is 5.75 Å². The molecule has 10 heteroatoms. The van der Waals surface area contributed by atoms with Crippen molar-refractivity contribution in [2.45, 2.75) is 32.9 Å². The molecule has 0 spiro atoms. The molecule has 0 saturated heterocycles. The Labute approximate surface area is 266 Å². The van der Waals surface area contributed by atoms with Gasteiger partial charge in [0.2, 0.25) is 0 Å². The number of carbonyl (C=O) groups is 1. The van der Waals surface area contributed by atoms with Gasteiger partial charge in [0.05, 0.1) is 46.4 Å². The highest BCUT2D eigenvalue weighted by Crippen LogP contribution is 2.32. The monoisotopic (exact) mass is 668 g/mol. The lowest BCUT2D eigenvalue weighted by Gasteiger charge is -2.25. The van der Waals surface area contributed by atoms with Gasteiger partial charge < -0.3 is 9.47 Å². The number of esters is 1. The molecule has 6 rings (SSSR count). The Morgan fingerprint density at radius 2 is 1.73 bits per heavy atom. The highest BCUT2D eigenvalue weighted by atomic mass is 79.9. The van der Waals surface area contributed by atoms with Crippen molar-refractivity contribution in [3.8, 4) is 22.7 Å². The number of halogens is 1. The number of benzene rings is 3. The maximum atomic E-state index is 14.2. The van der Waals surface area contributed by atoms with E-state index in [1.807, 2.05) is 95.8 Å². The van der Waals surface area contributed by atoms with Crippen LogP contribution in [0.4, 0.5) is 0 Å². The zero-order valence-corrected chi connectivity index (χ0v) is 26.9. The highest BCUT2D eigenvalue weighted by molar-refractivity contribution is 9.10. The van der Waals surface area contributed by atoms with Gasteiger partial charge in [0.15, 0.2) is 4.80 Å². The molecule has 1 atom stereocenters. The fraction of sp³-hybridized carbons (Fsp3) is 0.176. The molecule has 1 aliphatic rings. The molecule has 0 amide bonds. The van der Waals surface area contributed by atoms with Crippen LogP contribution in [0.2, 0.25) is 0 Å². The van der Waals surface area contributed by atoms with Gasteiger partial charge in [0, 0.05) is 21.8 Å². The molecule has 0 aliphatic carbocycles. The van der Waals surface area contributed by atoms with Crippen molar-refractivity contribution >= 4 is 39.3 Å². The molecule has 0 radical (unpaired) electrons. The largest absolute Gasteiger partial charge is 0.497 e. The lowest BCUT2D eigenvalue weighted by Crippen LogP contribution is -2.40. The molecule has 44 heavy (non-hydrogen) atoms. The van der Waals surface area contributed by atoms with Crippen molar-refractivity contribution in [1.29, 1.82) is 0 Å². The van der Waals surface area contributed by atoms with Gasteiger partial charge in [0.25, 0.3) is 5.56 Å². The molecule has 222 valence electrons. The third-order valence-corrected chi connectivity index (χ3v) is 8.70. The van der Waals surface area contributed by atoms with Crippen LogP contribution in [0.15, 0.2) is 111 Å². The molecule has 3 heterocycles. The number of aromatic nitrogens is 3. The second kappa shape index (κ2) is 12.2. The number of allylic oxidation sites excluding steroid dienone is 1. The molecule has 0 fully saturated rings. The van der Waals surface area contributed by atoms with Crippen LogP contribution < -0.4 is 19.6 Å². The molecule has 2 aromatic heterocycles. The van der Waals surface area contributed by atoms with Crippen molar-refractivity contribution < 1.29 is 14.3 Å². The number of hydrogen-bond acceptors (Lipinski definition) is 7. The number of methoxy groups -OCH3 is 1. The first-order valence-electron chi connectivity index (χ1n) is 14.0. The molecular weight excluding hydrogens is 640 g/mol. The number of ether oxygens (including phenoxy) is 2. The summed E-state index contributed by atoms with van der Waals surface area (Å²) in [6, 6.07) is 24.3. The number of carbonyl (C=O) groups excluding carboxylic acids is 1. The van der Waals surface area contributed by atoms with E-state index in [0.717, 1.165) is 32.5 Å². The Balaban J connectivity index is 1.55. The van der Waals surface area contributed by atoms with Crippen molar-refractivity contribution in [2.24, 2.45) is 4.99 Å². The summed E-state index contributed by atoms with van der Waals surface area (Å²) < 4.78 is 15.8. The molecule has 1 aliphatic heterocycles. The first-order chi connectivity index (χ1) is 21.2. The second-order valence-electron chi connectivity index (χ2n) is 10.5. The van der Waals surface area contributed by atoms with E-state index in [1.54, 1.807) is 32.4 Å². The Kier molecular flexibility index (Phi) is 8.20. The van der Waals surface area contributed by atoms with E-state index in [1.165, 1.54) is 11.3 Å². The third kappa shape index (κ3) is 5.70. The lowest BCUT2D eigenvalue weighted by atomic mass is 9.96. The molecule has 3 aromatic carbocycles. The van der Waals surface area contributed by atoms with Gasteiger partial charge in [-0.25, -0.2) is 14.5 Å². The maximum absolute atomic E-state index is 14.2. The molecule has 5 aromatic rings. The van der Waals surface area contributed by atoms with Crippen LogP contribution >= 0.6 is 27.3 Å². The molecule has 0 saturated carbocycles. The highest BCUT2D eigenvalue weighted by Gasteiger charge is 2.34. The number of thiazole rings is 1. The lowest BCUT2D eigenvalue weighted by molar-refractivity contribution is -0.143. The normalized spacial score (nSPS) is 14.9. The zero-order valence-electron chi connectivity index (χ0n) is 24.5. The van der Waals surface area contributed by atoms with Gasteiger partial charge >= 0.3 is 5.97 Å². The van der Waals surface area contributed by atoms with Crippen molar-refractivity contribution in [3.05, 3.63) is 132 Å². The van der Waals surface area contributed by atoms with E-state index in [4.69, 9.17) is 19.6 Å². The van der Waals surface area contributed by atoms with Crippen LogP contribution in [0.5, 0.6) is 5.75 Å². The number of nitrogens with zero attached hydrogens (tertiary/aromatic N) is 4.